The molecule has 3 aromatic carbocycles. The van der Waals surface area contributed by atoms with Crippen LogP contribution in [0.5, 0.6) is 0 Å². The highest BCUT2D eigenvalue weighted by Crippen LogP contribution is 2.14. The van der Waals surface area contributed by atoms with Crippen LogP contribution in [-0.2, 0) is 0 Å². The van der Waals surface area contributed by atoms with E-state index in [2.05, 4.69) is 97.9 Å². The third-order valence-electron chi connectivity index (χ3n) is 4.65. The fourth-order valence-corrected chi connectivity index (χ4v) is 11.5. The Labute approximate surface area is 143 Å². The number of hydrogen-bond donors (Lipinski definition) is 0. The van der Waals surface area contributed by atoms with Crippen LogP contribution in [0.3, 0.4) is 0 Å². The molecule has 0 aliphatic heterocycles. The molecule has 23 heavy (non-hydrogen) atoms. The molecular weight excluding hydrogens is 308 g/mol. The van der Waals surface area contributed by atoms with Gasteiger partial charge in [0.25, 0.3) is 0 Å². The molecule has 0 fully saturated rings. The zero-order valence-electron chi connectivity index (χ0n) is 13.7. The minimum absolute atomic E-state index is 0.271. The first-order valence-electron chi connectivity index (χ1n) is 8.52. The number of hydrogen-bond acceptors (Lipinski definition) is 0. The zero-order chi connectivity index (χ0) is 15.9. The van der Waals surface area contributed by atoms with Crippen molar-refractivity contribution in [1.29, 1.82) is 0 Å². The highest BCUT2D eigenvalue weighted by atomic mass is 28.3. The minimum Gasteiger partial charge on any atom is -0.0669 e. The van der Waals surface area contributed by atoms with Crippen molar-refractivity contribution >= 4 is 33.9 Å². The summed E-state index contributed by atoms with van der Waals surface area (Å²) in [4.78, 5) is 0. The van der Waals surface area contributed by atoms with Gasteiger partial charge in [-0.05, 0) is 5.16 Å². The van der Waals surface area contributed by atoms with E-state index in [1.54, 1.807) is 15.6 Å². The SMILES string of the molecule is CCC([SiH2]c1ccccc1)[SiH](c1ccccc1)c1ccccc1. The Bertz CT molecular complexity index is 656. The van der Waals surface area contributed by atoms with Gasteiger partial charge in [0, 0.05) is 0 Å². The van der Waals surface area contributed by atoms with Crippen LogP contribution in [0.25, 0.3) is 0 Å². The van der Waals surface area contributed by atoms with E-state index in [-0.39, 0.29) is 9.52 Å². The van der Waals surface area contributed by atoms with Crippen molar-refractivity contribution in [2.75, 3.05) is 0 Å². The van der Waals surface area contributed by atoms with E-state index in [1.165, 1.54) is 6.42 Å². The summed E-state index contributed by atoms with van der Waals surface area (Å²) in [5.74, 6) is 0. The smallest absolute Gasteiger partial charge is 0.0669 e. The second kappa shape index (κ2) is 8.09. The Kier molecular flexibility index (Phi) is 5.62. The van der Waals surface area contributed by atoms with Crippen LogP contribution in [0.4, 0.5) is 0 Å². The van der Waals surface area contributed by atoms with Crippen LogP contribution in [0, 0.1) is 0 Å². The third kappa shape index (κ3) is 4.09. The van der Waals surface area contributed by atoms with E-state index in [4.69, 9.17) is 0 Å². The van der Waals surface area contributed by atoms with Crippen LogP contribution in [-0.4, -0.2) is 18.3 Å². The van der Waals surface area contributed by atoms with E-state index < -0.39 is 8.80 Å². The van der Waals surface area contributed by atoms with Gasteiger partial charge < -0.3 is 0 Å². The second-order valence-electron chi connectivity index (χ2n) is 6.16. The Balaban J connectivity index is 1.96. The van der Waals surface area contributed by atoms with Crippen LogP contribution >= 0.6 is 0 Å². The highest BCUT2D eigenvalue weighted by Gasteiger charge is 2.25. The van der Waals surface area contributed by atoms with Gasteiger partial charge in [0.05, 0.1) is 9.52 Å². The lowest BCUT2D eigenvalue weighted by molar-refractivity contribution is 1.00. The first-order valence-corrected chi connectivity index (χ1v) is 11.9. The van der Waals surface area contributed by atoms with E-state index >= 15 is 0 Å². The Hall–Kier alpha value is -1.91. The summed E-state index contributed by atoms with van der Waals surface area (Å²) in [5, 5.41) is 5.66. The summed E-state index contributed by atoms with van der Waals surface area (Å²) >= 11 is 0. The van der Waals surface area contributed by atoms with Crippen molar-refractivity contribution in [2.24, 2.45) is 0 Å². The maximum atomic E-state index is 2.38. The predicted molar refractivity (Wildman–Crippen MR) is 108 cm³/mol. The molecule has 0 spiro atoms. The molecule has 0 N–H and O–H groups in total. The monoisotopic (exact) mass is 332 g/mol. The molecule has 2 heteroatoms. The summed E-state index contributed by atoms with van der Waals surface area (Å²) in [7, 11) is -1.44. The average Bonchev–Trinajstić information content (AvgIpc) is 2.64. The molecule has 0 saturated heterocycles. The lowest BCUT2D eigenvalue weighted by atomic mass is 10.4. The molecule has 116 valence electrons. The molecule has 1 unspecified atom stereocenters. The van der Waals surface area contributed by atoms with E-state index in [0.717, 1.165) is 5.16 Å². The van der Waals surface area contributed by atoms with Gasteiger partial charge in [0.15, 0.2) is 0 Å². The summed E-state index contributed by atoms with van der Waals surface area (Å²) in [6, 6.07) is 33.7. The molecule has 3 aromatic rings. The molecule has 0 aromatic heterocycles. The van der Waals surface area contributed by atoms with E-state index in [1.807, 2.05) is 0 Å². The molecule has 0 saturated carbocycles. The van der Waals surface area contributed by atoms with Gasteiger partial charge in [-0.1, -0.05) is 120 Å². The molecule has 0 aliphatic carbocycles. The molecular formula is C21H24Si2. The van der Waals surface area contributed by atoms with Crippen molar-refractivity contribution in [3.63, 3.8) is 0 Å². The lowest BCUT2D eigenvalue weighted by Gasteiger charge is -2.26. The largest absolute Gasteiger partial charge is 0.103 e. The molecule has 0 heterocycles. The topological polar surface area (TPSA) is 0 Å². The van der Waals surface area contributed by atoms with Gasteiger partial charge in [-0.3, -0.25) is 0 Å². The van der Waals surface area contributed by atoms with Crippen molar-refractivity contribution in [2.45, 2.75) is 18.5 Å². The molecule has 0 bridgehead atoms. The van der Waals surface area contributed by atoms with Crippen LogP contribution in [0.2, 0.25) is 5.16 Å². The van der Waals surface area contributed by atoms with Crippen molar-refractivity contribution in [1.82, 2.24) is 0 Å². The number of benzene rings is 3. The fourth-order valence-electron chi connectivity index (χ4n) is 3.47. The predicted octanol–water partition coefficient (Wildman–Crippen LogP) is 2.26. The Morgan fingerprint density at radius 1 is 0.696 bits per heavy atom. The van der Waals surface area contributed by atoms with Crippen LogP contribution in [0.1, 0.15) is 13.3 Å². The fraction of sp³-hybridized carbons (Fsp3) is 0.143. The van der Waals surface area contributed by atoms with Gasteiger partial charge in [0.2, 0.25) is 0 Å². The standard InChI is InChI=1S/C21H24Si2/c1-2-21(22-18-12-6-3-7-13-18)23(19-14-8-4-9-15-19)20-16-10-5-11-17-20/h3-17,21,23H,2,22H2,1H3. The maximum absolute atomic E-state index is 2.38. The third-order valence-corrected chi connectivity index (χ3v) is 12.4. The van der Waals surface area contributed by atoms with Gasteiger partial charge in [-0.15, -0.1) is 0 Å². The first kappa shape index (κ1) is 16.0. The molecule has 1 atom stereocenters. The maximum Gasteiger partial charge on any atom is 0.103 e. The molecule has 0 aliphatic rings. The Morgan fingerprint density at radius 3 is 1.57 bits per heavy atom. The summed E-state index contributed by atoms with van der Waals surface area (Å²) in [6.07, 6.45) is 1.29. The minimum atomic E-state index is -1.17. The number of rotatable bonds is 6. The van der Waals surface area contributed by atoms with Gasteiger partial charge >= 0.3 is 0 Å². The quantitative estimate of drug-likeness (QED) is 0.608. The summed E-state index contributed by atoms with van der Waals surface area (Å²) in [6.45, 7) is 2.38. The highest BCUT2D eigenvalue weighted by molar-refractivity contribution is 6.93. The van der Waals surface area contributed by atoms with Crippen molar-refractivity contribution in [3.8, 4) is 0 Å². The van der Waals surface area contributed by atoms with Crippen molar-refractivity contribution < 1.29 is 0 Å². The summed E-state index contributed by atoms with van der Waals surface area (Å²) < 4.78 is 0. The van der Waals surface area contributed by atoms with Gasteiger partial charge in [-0.2, -0.15) is 0 Å². The van der Waals surface area contributed by atoms with Crippen LogP contribution < -0.4 is 15.6 Å². The summed E-state index contributed by atoms with van der Waals surface area (Å²) in [5.41, 5.74) is 0. The lowest BCUT2D eigenvalue weighted by Crippen LogP contribution is -2.49. The second-order valence-corrected chi connectivity index (χ2v) is 12.6. The van der Waals surface area contributed by atoms with E-state index in [9.17, 15) is 0 Å². The van der Waals surface area contributed by atoms with Crippen LogP contribution in [0.15, 0.2) is 91.0 Å². The normalized spacial score (nSPS) is 12.8. The first-order chi connectivity index (χ1) is 11.4. The molecule has 0 amide bonds. The van der Waals surface area contributed by atoms with Crippen molar-refractivity contribution in [3.05, 3.63) is 91.0 Å². The average molecular weight is 333 g/mol. The molecule has 0 radical (unpaired) electrons. The van der Waals surface area contributed by atoms with E-state index in [0.29, 0.717) is 0 Å². The molecule has 0 nitrogen and oxygen atoms in total. The van der Waals surface area contributed by atoms with Gasteiger partial charge in [-0.25, -0.2) is 0 Å². The Morgan fingerprint density at radius 2 is 1.13 bits per heavy atom. The molecule has 3 rings (SSSR count). The zero-order valence-corrected chi connectivity index (χ0v) is 16.3. The van der Waals surface area contributed by atoms with Gasteiger partial charge in [0.1, 0.15) is 8.80 Å².